The number of nitrogens with one attached hydrogen (secondary N) is 4. The van der Waals surface area contributed by atoms with Gasteiger partial charge in [0.15, 0.2) is 5.70 Å². The molecule has 0 aliphatic carbocycles. The molecule has 3 heterocycles. The highest BCUT2D eigenvalue weighted by atomic mass is 79.9. The summed E-state index contributed by atoms with van der Waals surface area (Å²) >= 11 is 3.16. The minimum Gasteiger partial charge on any atom is -0.358 e. The fraction of sp³-hybridized carbons (Fsp3) is 0.250. The Bertz CT molecular complexity index is 1480. The van der Waals surface area contributed by atoms with Gasteiger partial charge in [0.05, 0.1) is 36.8 Å². The van der Waals surface area contributed by atoms with Crippen LogP contribution in [0.3, 0.4) is 0 Å². The Morgan fingerprint density at radius 3 is 2.79 bits per heavy atom. The van der Waals surface area contributed by atoms with E-state index in [2.05, 4.69) is 52.1 Å². The average Bonchev–Trinajstić information content (AvgIpc) is 3.29. The Hall–Kier alpha value is -4.21. The molecule has 13 nitrogen and oxygen atoms in total. The molecule has 4 rings (SSSR count). The quantitative estimate of drug-likeness (QED) is 0.118. The highest BCUT2D eigenvalue weighted by Gasteiger charge is 2.35. The van der Waals surface area contributed by atoms with Crippen LogP contribution in [0, 0.1) is 15.9 Å². The van der Waals surface area contributed by atoms with Gasteiger partial charge in [-0.1, -0.05) is 0 Å². The first-order valence-electron chi connectivity index (χ1n) is 11.6. The molecule has 1 amide bonds. The Morgan fingerprint density at radius 2 is 2.08 bits per heavy atom. The second-order valence-corrected chi connectivity index (χ2v) is 10.1. The van der Waals surface area contributed by atoms with Crippen LogP contribution in [0.25, 0.3) is 10.9 Å². The van der Waals surface area contributed by atoms with Crippen molar-refractivity contribution in [3.8, 4) is 0 Å². The number of carbonyl (C=O) groups excluding carboxylic acids is 1. The van der Waals surface area contributed by atoms with E-state index in [0.29, 0.717) is 50.2 Å². The van der Waals surface area contributed by atoms with E-state index in [1.807, 2.05) is 14.1 Å². The molecular formula is C24H26BrFN9O4+. The standard InChI is InChI=1S/C24H25BrFN9O4/c1-35(2,12-19-23(34(37)38)33-24(31-19)39-3)8-4-5-21(36)32-20-10-15-18(11-27-20)28-13-29-22(15)30-14-6-7-17(26)16(25)9-14/h4-7,9-11,13,24H,8,12H2,1-3H3,(H3-,27,28,29,30,31,32,33,36)/p+1/b5-4+. The predicted molar refractivity (Wildman–Crippen MR) is 145 cm³/mol. The summed E-state index contributed by atoms with van der Waals surface area (Å²) in [4.78, 5) is 36.1. The molecule has 1 aliphatic heterocycles. The van der Waals surface area contributed by atoms with E-state index in [1.165, 1.54) is 31.8 Å². The Morgan fingerprint density at radius 1 is 1.28 bits per heavy atom. The lowest BCUT2D eigenvalue weighted by Gasteiger charge is -2.28. The second kappa shape index (κ2) is 11.7. The third kappa shape index (κ3) is 7.01. The maximum Gasteiger partial charge on any atom is 0.344 e. The van der Waals surface area contributed by atoms with Crippen LogP contribution < -0.4 is 21.3 Å². The molecule has 0 radical (unpaired) electrons. The molecule has 0 fully saturated rings. The Labute approximate surface area is 231 Å². The van der Waals surface area contributed by atoms with E-state index in [1.54, 1.807) is 24.3 Å². The maximum atomic E-state index is 13.6. The number of anilines is 3. The molecular weight excluding hydrogens is 577 g/mol. The Kier molecular flexibility index (Phi) is 8.32. The van der Waals surface area contributed by atoms with Crippen LogP contribution in [0.5, 0.6) is 0 Å². The molecule has 0 saturated carbocycles. The minimum absolute atomic E-state index is 0.137. The van der Waals surface area contributed by atoms with Gasteiger partial charge in [0.2, 0.25) is 5.91 Å². The summed E-state index contributed by atoms with van der Waals surface area (Å²) in [6, 6.07) is 6.12. The van der Waals surface area contributed by atoms with Crippen molar-refractivity contribution in [3.63, 3.8) is 0 Å². The summed E-state index contributed by atoms with van der Waals surface area (Å²) in [5, 5.41) is 23.4. The van der Waals surface area contributed by atoms with Crippen LogP contribution in [0.2, 0.25) is 0 Å². The van der Waals surface area contributed by atoms with Crippen LogP contribution >= 0.6 is 15.9 Å². The van der Waals surface area contributed by atoms with Crippen molar-refractivity contribution in [2.24, 2.45) is 0 Å². The van der Waals surface area contributed by atoms with Crippen LogP contribution in [0.4, 0.5) is 21.7 Å². The number of ether oxygens (including phenoxy) is 1. The number of rotatable bonds is 10. The number of aromatic nitrogens is 3. The molecule has 0 saturated heterocycles. The van der Waals surface area contributed by atoms with Gasteiger partial charge in [-0.05, 0) is 51.2 Å². The lowest BCUT2D eigenvalue weighted by molar-refractivity contribution is -0.880. The molecule has 204 valence electrons. The third-order valence-corrected chi connectivity index (χ3v) is 6.30. The van der Waals surface area contributed by atoms with Gasteiger partial charge in [-0.15, -0.1) is 0 Å². The number of amides is 1. The average molecular weight is 603 g/mol. The van der Waals surface area contributed by atoms with Crippen LogP contribution in [-0.4, -0.2) is 70.9 Å². The van der Waals surface area contributed by atoms with Crippen LogP contribution in [0.15, 0.2) is 64.9 Å². The lowest BCUT2D eigenvalue weighted by atomic mass is 10.2. The van der Waals surface area contributed by atoms with E-state index in [-0.39, 0.29) is 17.5 Å². The van der Waals surface area contributed by atoms with Crippen molar-refractivity contribution in [2.75, 3.05) is 44.9 Å². The van der Waals surface area contributed by atoms with E-state index in [4.69, 9.17) is 4.74 Å². The third-order valence-electron chi connectivity index (χ3n) is 5.69. The number of benzene rings is 1. The molecule has 1 atom stereocenters. The number of hydrogen-bond acceptors (Lipinski definition) is 10. The zero-order valence-corrected chi connectivity index (χ0v) is 22.8. The summed E-state index contributed by atoms with van der Waals surface area (Å²) in [6.45, 7) is 0.725. The first kappa shape index (κ1) is 27.8. The molecule has 39 heavy (non-hydrogen) atoms. The number of fused-ring (bicyclic) bond motifs is 1. The number of carbonyl (C=O) groups is 1. The predicted octanol–water partition coefficient (Wildman–Crippen LogP) is 2.81. The summed E-state index contributed by atoms with van der Waals surface area (Å²) in [7, 11) is 5.20. The summed E-state index contributed by atoms with van der Waals surface area (Å²) in [5.41, 5.74) is 1.57. The highest BCUT2D eigenvalue weighted by molar-refractivity contribution is 9.10. The molecule has 15 heteroatoms. The molecule has 1 unspecified atom stereocenters. The zero-order chi connectivity index (χ0) is 28.2. The van der Waals surface area contributed by atoms with Gasteiger partial charge in [0, 0.05) is 24.3 Å². The van der Waals surface area contributed by atoms with Gasteiger partial charge in [-0.3, -0.25) is 4.79 Å². The van der Waals surface area contributed by atoms with Crippen LogP contribution in [0.1, 0.15) is 0 Å². The van der Waals surface area contributed by atoms with E-state index < -0.39 is 17.2 Å². The number of methoxy groups -OCH3 is 1. The van der Waals surface area contributed by atoms with Crippen LogP contribution in [-0.2, 0) is 9.53 Å². The van der Waals surface area contributed by atoms with E-state index in [9.17, 15) is 19.3 Å². The Balaban J connectivity index is 1.41. The van der Waals surface area contributed by atoms with E-state index in [0.717, 1.165) is 0 Å². The number of nitro groups is 1. The van der Waals surface area contributed by atoms with Gasteiger partial charge >= 0.3 is 5.82 Å². The number of halogens is 2. The summed E-state index contributed by atoms with van der Waals surface area (Å²) in [6.07, 6.45) is 5.28. The SMILES string of the molecule is COC1NC(C[N+](C)(C)C/C=C/C(=O)Nc2cc3c(Nc4ccc(F)c(Br)c4)ncnc3cn2)=C([N+](=O)[O-])N1. The maximum absolute atomic E-state index is 13.6. The van der Waals surface area contributed by atoms with Gasteiger partial charge < -0.3 is 35.3 Å². The molecule has 0 bridgehead atoms. The zero-order valence-electron chi connectivity index (χ0n) is 21.2. The summed E-state index contributed by atoms with van der Waals surface area (Å²) < 4.78 is 19.3. The number of hydrogen-bond donors (Lipinski definition) is 4. The number of likely N-dealkylation sites (N-methyl/N-ethyl adjacent to an activating group) is 1. The van der Waals surface area contributed by atoms with Crippen molar-refractivity contribution in [1.29, 1.82) is 0 Å². The van der Waals surface area contributed by atoms with Gasteiger partial charge in [0.25, 0.3) is 6.35 Å². The number of pyridine rings is 1. The lowest BCUT2D eigenvalue weighted by Crippen LogP contribution is -2.44. The monoisotopic (exact) mass is 602 g/mol. The number of quaternary nitrogens is 1. The summed E-state index contributed by atoms with van der Waals surface area (Å²) in [5.74, 6) is -0.178. The fourth-order valence-corrected chi connectivity index (χ4v) is 4.20. The molecule has 0 spiro atoms. The van der Waals surface area contributed by atoms with Gasteiger partial charge in [-0.2, -0.15) is 0 Å². The van der Waals surface area contributed by atoms with Crippen molar-refractivity contribution in [3.05, 3.63) is 80.9 Å². The van der Waals surface area contributed by atoms with Crippen molar-refractivity contribution in [1.82, 2.24) is 25.6 Å². The minimum atomic E-state index is -0.671. The molecule has 4 N–H and O–H groups in total. The molecule has 1 aromatic carbocycles. The van der Waals surface area contributed by atoms with Gasteiger partial charge in [0.1, 0.15) is 30.3 Å². The second-order valence-electron chi connectivity index (χ2n) is 9.22. The van der Waals surface area contributed by atoms with Crippen molar-refractivity contribution in [2.45, 2.75) is 6.35 Å². The first-order valence-corrected chi connectivity index (χ1v) is 12.4. The van der Waals surface area contributed by atoms with E-state index >= 15 is 0 Å². The smallest absolute Gasteiger partial charge is 0.344 e. The normalized spacial score (nSPS) is 15.4. The molecule has 2 aromatic heterocycles. The molecule has 1 aliphatic rings. The first-order chi connectivity index (χ1) is 18.5. The largest absolute Gasteiger partial charge is 0.358 e. The van der Waals surface area contributed by atoms with Gasteiger partial charge in [-0.25, -0.2) is 24.7 Å². The highest BCUT2D eigenvalue weighted by Crippen LogP contribution is 2.27. The number of nitrogens with zero attached hydrogens (tertiary/aromatic N) is 5. The topological polar surface area (TPSA) is 156 Å². The van der Waals surface area contributed by atoms with Crippen molar-refractivity contribution < 1.29 is 23.3 Å². The molecule has 3 aromatic rings. The fourth-order valence-electron chi connectivity index (χ4n) is 3.82. The van der Waals surface area contributed by atoms with Crippen molar-refractivity contribution >= 4 is 50.1 Å².